The zero-order valence-corrected chi connectivity index (χ0v) is 11.3. The summed E-state index contributed by atoms with van der Waals surface area (Å²) in [7, 11) is 0. The maximum Gasteiger partial charge on any atom is 0.304 e. The Kier molecular flexibility index (Phi) is 7.23. The number of carbonyl (C=O) groups is 1. The van der Waals surface area contributed by atoms with E-state index in [1.807, 2.05) is 0 Å². The van der Waals surface area contributed by atoms with Crippen molar-refractivity contribution in [2.45, 2.75) is 38.6 Å². The molecule has 1 heterocycles. The van der Waals surface area contributed by atoms with E-state index in [0.29, 0.717) is 18.5 Å². The molecule has 1 fully saturated rings. The van der Waals surface area contributed by atoms with Crippen LogP contribution in [0.4, 0.5) is 0 Å². The highest BCUT2D eigenvalue weighted by molar-refractivity contribution is 5.66. The molecule has 0 bridgehead atoms. The summed E-state index contributed by atoms with van der Waals surface area (Å²) in [4.78, 5) is 12.9. The van der Waals surface area contributed by atoms with Crippen LogP contribution in [0.15, 0.2) is 0 Å². The third kappa shape index (κ3) is 5.80. The van der Waals surface area contributed by atoms with Crippen LogP contribution in [-0.2, 0) is 4.79 Å². The summed E-state index contributed by atoms with van der Waals surface area (Å²) in [6.07, 6.45) is 3.30. The highest BCUT2D eigenvalue weighted by Gasteiger charge is 2.25. The second kappa shape index (κ2) is 8.45. The maximum atomic E-state index is 10.6. The Morgan fingerprint density at radius 1 is 1.44 bits per heavy atom. The van der Waals surface area contributed by atoms with Crippen molar-refractivity contribution in [3.63, 3.8) is 0 Å². The highest BCUT2D eigenvalue weighted by atomic mass is 16.4. The first kappa shape index (κ1) is 15.4. The summed E-state index contributed by atoms with van der Waals surface area (Å²) in [6, 6.07) is 0.434. The van der Waals surface area contributed by atoms with E-state index in [2.05, 4.69) is 17.1 Å². The minimum absolute atomic E-state index is 0.222. The summed E-state index contributed by atoms with van der Waals surface area (Å²) < 4.78 is 0. The first-order chi connectivity index (χ1) is 8.65. The Balaban J connectivity index is 2.36. The van der Waals surface area contributed by atoms with Crippen LogP contribution in [0.25, 0.3) is 0 Å². The van der Waals surface area contributed by atoms with E-state index in [-0.39, 0.29) is 13.0 Å². The van der Waals surface area contributed by atoms with Gasteiger partial charge in [-0.25, -0.2) is 0 Å². The minimum Gasteiger partial charge on any atom is -0.481 e. The van der Waals surface area contributed by atoms with Crippen LogP contribution >= 0.6 is 0 Å². The smallest absolute Gasteiger partial charge is 0.304 e. The average Bonchev–Trinajstić information content (AvgIpc) is 2.36. The lowest BCUT2D eigenvalue weighted by atomic mass is 9.92. The Hall–Kier alpha value is -0.650. The summed E-state index contributed by atoms with van der Waals surface area (Å²) in [5, 5.41) is 21.0. The van der Waals surface area contributed by atoms with Gasteiger partial charge < -0.3 is 20.4 Å². The van der Waals surface area contributed by atoms with Crippen molar-refractivity contribution >= 4 is 5.97 Å². The van der Waals surface area contributed by atoms with Gasteiger partial charge in [-0.15, -0.1) is 0 Å². The van der Waals surface area contributed by atoms with E-state index in [4.69, 9.17) is 10.2 Å². The van der Waals surface area contributed by atoms with Crippen molar-refractivity contribution in [2.75, 3.05) is 32.8 Å². The first-order valence-corrected chi connectivity index (χ1v) is 6.94. The van der Waals surface area contributed by atoms with Crippen LogP contribution in [0.1, 0.15) is 32.6 Å². The molecule has 1 aliphatic heterocycles. The normalized spacial score (nSPS) is 25.2. The van der Waals surface area contributed by atoms with Gasteiger partial charge in [0.05, 0.1) is 6.42 Å². The van der Waals surface area contributed by atoms with Gasteiger partial charge in [0.25, 0.3) is 0 Å². The highest BCUT2D eigenvalue weighted by Crippen LogP contribution is 2.19. The van der Waals surface area contributed by atoms with E-state index in [1.54, 1.807) is 0 Å². The molecule has 0 aromatic rings. The lowest BCUT2D eigenvalue weighted by Gasteiger charge is -2.37. The fourth-order valence-electron chi connectivity index (χ4n) is 2.57. The molecule has 0 aromatic carbocycles. The molecule has 106 valence electrons. The van der Waals surface area contributed by atoms with E-state index >= 15 is 0 Å². The van der Waals surface area contributed by atoms with Crippen molar-refractivity contribution in [3.05, 3.63) is 0 Å². The van der Waals surface area contributed by atoms with Crippen molar-refractivity contribution in [1.29, 1.82) is 0 Å². The topological polar surface area (TPSA) is 72.8 Å². The molecule has 2 atom stereocenters. The third-order valence-electron chi connectivity index (χ3n) is 3.60. The Morgan fingerprint density at radius 3 is 2.83 bits per heavy atom. The second-order valence-electron chi connectivity index (χ2n) is 5.14. The quantitative estimate of drug-likeness (QED) is 0.554. The van der Waals surface area contributed by atoms with Gasteiger partial charge in [0.15, 0.2) is 0 Å². The van der Waals surface area contributed by atoms with Gasteiger partial charge in [-0.3, -0.25) is 4.79 Å². The number of nitrogens with one attached hydrogen (secondary N) is 1. The number of carboxylic acids is 1. The van der Waals surface area contributed by atoms with Gasteiger partial charge in [0, 0.05) is 32.3 Å². The fraction of sp³-hybridized carbons (Fsp3) is 0.923. The fourth-order valence-corrected chi connectivity index (χ4v) is 2.57. The second-order valence-corrected chi connectivity index (χ2v) is 5.14. The van der Waals surface area contributed by atoms with Gasteiger partial charge in [-0.05, 0) is 25.3 Å². The molecule has 0 spiro atoms. The van der Waals surface area contributed by atoms with Crippen LogP contribution in [0.3, 0.4) is 0 Å². The van der Waals surface area contributed by atoms with E-state index in [0.717, 1.165) is 38.9 Å². The third-order valence-corrected chi connectivity index (χ3v) is 3.60. The molecule has 0 aromatic heterocycles. The molecule has 5 nitrogen and oxygen atoms in total. The molecule has 3 N–H and O–H groups in total. The molecule has 2 unspecified atom stereocenters. The Labute approximate surface area is 109 Å². The summed E-state index contributed by atoms with van der Waals surface area (Å²) in [5.74, 6) is -0.0717. The first-order valence-electron chi connectivity index (χ1n) is 6.94. The molecular formula is C13H26N2O3. The van der Waals surface area contributed by atoms with E-state index < -0.39 is 5.97 Å². The number of nitrogens with zero attached hydrogens (tertiary/aromatic N) is 1. The van der Waals surface area contributed by atoms with Crippen molar-refractivity contribution in [2.24, 2.45) is 5.92 Å². The van der Waals surface area contributed by atoms with Crippen LogP contribution in [0.2, 0.25) is 0 Å². The molecule has 0 saturated carbocycles. The number of rotatable bonds is 8. The number of aliphatic hydroxyl groups excluding tert-OH is 1. The summed E-state index contributed by atoms with van der Waals surface area (Å²) >= 11 is 0. The Bertz CT molecular complexity index is 248. The number of carboxylic acid groups (broad SMARTS) is 1. The molecule has 0 radical (unpaired) electrons. The number of piperidine rings is 1. The minimum atomic E-state index is -0.724. The molecular weight excluding hydrogens is 232 g/mol. The monoisotopic (exact) mass is 258 g/mol. The standard InChI is InChI=1S/C13H26N2O3/c1-2-11-8-12(14-5-3-7-16)10-15(9-11)6-4-13(17)18/h11-12,14,16H,2-10H2,1H3,(H,17,18). The largest absolute Gasteiger partial charge is 0.481 e. The maximum absolute atomic E-state index is 10.6. The van der Waals surface area contributed by atoms with E-state index in [9.17, 15) is 4.79 Å². The number of likely N-dealkylation sites (tertiary alicyclic amines) is 1. The van der Waals surface area contributed by atoms with Crippen molar-refractivity contribution < 1.29 is 15.0 Å². The zero-order valence-electron chi connectivity index (χ0n) is 11.3. The van der Waals surface area contributed by atoms with Gasteiger partial charge in [-0.2, -0.15) is 0 Å². The van der Waals surface area contributed by atoms with E-state index in [1.165, 1.54) is 0 Å². The number of hydrogen-bond donors (Lipinski definition) is 3. The number of hydrogen-bond acceptors (Lipinski definition) is 4. The zero-order chi connectivity index (χ0) is 13.4. The van der Waals surface area contributed by atoms with Crippen LogP contribution < -0.4 is 5.32 Å². The van der Waals surface area contributed by atoms with Crippen LogP contribution in [0.5, 0.6) is 0 Å². The molecule has 18 heavy (non-hydrogen) atoms. The van der Waals surface area contributed by atoms with Gasteiger partial charge in [-0.1, -0.05) is 13.3 Å². The van der Waals surface area contributed by atoms with Crippen molar-refractivity contribution in [1.82, 2.24) is 10.2 Å². The van der Waals surface area contributed by atoms with Gasteiger partial charge in [0.1, 0.15) is 0 Å². The predicted molar refractivity (Wildman–Crippen MR) is 70.6 cm³/mol. The van der Waals surface area contributed by atoms with Gasteiger partial charge in [0.2, 0.25) is 0 Å². The SMILES string of the molecule is CCC1CC(NCCCO)CN(CCC(=O)O)C1. The van der Waals surface area contributed by atoms with Crippen molar-refractivity contribution in [3.8, 4) is 0 Å². The number of aliphatic hydroxyl groups is 1. The van der Waals surface area contributed by atoms with Gasteiger partial charge >= 0.3 is 5.97 Å². The Morgan fingerprint density at radius 2 is 2.22 bits per heavy atom. The molecule has 1 rings (SSSR count). The molecule has 0 aliphatic carbocycles. The molecule has 5 heteroatoms. The predicted octanol–water partition coefficient (Wildman–Crippen LogP) is 0.534. The summed E-state index contributed by atoms with van der Waals surface area (Å²) in [6.45, 7) is 5.83. The van der Waals surface area contributed by atoms with Crippen LogP contribution in [-0.4, -0.2) is 59.9 Å². The lowest BCUT2D eigenvalue weighted by Crippen LogP contribution is -2.49. The van der Waals surface area contributed by atoms with Crippen LogP contribution in [0, 0.1) is 5.92 Å². The average molecular weight is 258 g/mol. The molecule has 0 amide bonds. The lowest BCUT2D eigenvalue weighted by molar-refractivity contribution is -0.137. The summed E-state index contributed by atoms with van der Waals surface area (Å²) in [5.41, 5.74) is 0. The number of aliphatic carboxylic acids is 1. The molecule has 1 aliphatic rings. The molecule has 1 saturated heterocycles.